The number of carbonyl (C=O) groups is 1. The fourth-order valence-corrected chi connectivity index (χ4v) is 0.922. The number of carbonyl (C=O) groups excluding carboxylic acids is 1. The summed E-state index contributed by atoms with van der Waals surface area (Å²) in [5.74, 6) is -0.312. The molecule has 7 heteroatoms. The summed E-state index contributed by atoms with van der Waals surface area (Å²) in [6.07, 6.45) is 0. The van der Waals surface area contributed by atoms with Crippen LogP contribution in [0.25, 0.3) is 0 Å². The van der Waals surface area contributed by atoms with Crippen molar-refractivity contribution in [2.75, 3.05) is 18.5 Å². The zero-order chi connectivity index (χ0) is 8.81. The number of anilines is 1. The highest BCUT2D eigenvalue weighted by atomic mass is 32.1. The number of esters is 1. The van der Waals surface area contributed by atoms with E-state index in [4.69, 9.17) is 0 Å². The van der Waals surface area contributed by atoms with E-state index in [2.05, 4.69) is 24.9 Å². The third kappa shape index (κ3) is 2.79. The maximum Gasteiger partial charge on any atom is 0.325 e. The van der Waals surface area contributed by atoms with Gasteiger partial charge in [-0.3, -0.25) is 4.79 Å². The molecule has 0 spiro atoms. The summed E-state index contributed by atoms with van der Waals surface area (Å²) in [5, 5.41) is 10.2. The van der Waals surface area contributed by atoms with Crippen LogP contribution in [0.2, 0.25) is 0 Å². The number of rotatable bonds is 4. The lowest BCUT2D eigenvalue weighted by molar-refractivity contribution is -0.140. The lowest BCUT2D eigenvalue weighted by Crippen LogP contribution is -2.16. The molecule has 0 saturated heterocycles. The van der Waals surface area contributed by atoms with Crippen molar-refractivity contribution in [1.29, 1.82) is 0 Å². The van der Waals surface area contributed by atoms with Crippen molar-refractivity contribution < 1.29 is 9.53 Å². The summed E-state index contributed by atoms with van der Waals surface area (Å²) in [4.78, 5) is 10.8. The van der Waals surface area contributed by atoms with Gasteiger partial charge in [0.25, 0.3) is 0 Å². The molecule has 0 amide bonds. The summed E-state index contributed by atoms with van der Waals surface area (Å²) in [7, 11) is 0. The maximum absolute atomic E-state index is 10.8. The van der Waals surface area contributed by atoms with Crippen LogP contribution < -0.4 is 5.32 Å². The fourth-order valence-electron chi connectivity index (χ4n) is 0.561. The Labute approximate surface area is 73.1 Å². The van der Waals surface area contributed by atoms with Gasteiger partial charge in [0.05, 0.1) is 6.61 Å². The van der Waals surface area contributed by atoms with Crippen molar-refractivity contribution in [1.82, 2.24) is 14.8 Å². The molecule has 0 radical (unpaired) electrons. The molecule has 0 bridgehead atoms. The van der Waals surface area contributed by atoms with Crippen molar-refractivity contribution in [3.8, 4) is 0 Å². The second-order valence-electron chi connectivity index (χ2n) is 1.83. The first-order chi connectivity index (χ1) is 5.83. The van der Waals surface area contributed by atoms with Crippen LogP contribution in [-0.2, 0) is 9.53 Å². The molecular formula is C5H8N4O2S. The van der Waals surface area contributed by atoms with E-state index in [-0.39, 0.29) is 12.5 Å². The molecule has 6 nitrogen and oxygen atoms in total. The molecule has 0 saturated carbocycles. The molecule has 1 rings (SSSR count). The normalized spacial score (nSPS) is 9.42. The zero-order valence-corrected chi connectivity index (χ0v) is 7.30. The summed E-state index contributed by atoms with van der Waals surface area (Å²) >= 11 is 1.09. The minimum absolute atomic E-state index is 0.102. The van der Waals surface area contributed by atoms with E-state index < -0.39 is 0 Å². The number of nitrogens with zero attached hydrogens (tertiary/aromatic N) is 3. The van der Waals surface area contributed by atoms with E-state index in [0.717, 1.165) is 11.5 Å². The van der Waals surface area contributed by atoms with Gasteiger partial charge in [0.15, 0.2) is 0 Å². The lowest BCUT2D eigenvalue weighted by atomic mass is 10.6. The second kappa shape index (κ2) is 4.60. The highest BCUT2D eigenvalue weighted by Crippen LogP contribution is 2.03. The van der Waals surface area contributed by atoms with E-state index in [1.54, 1.807) is 6.92 Å². The van der Waals surface area contributed by atoms with Crippen LogP contribution in [0.3, 0.4) is 0 Å². The van der Waals surface area contributed by atoms with Gasteiger partial charge in [-0.25, -0.2) is 0 Å². The van der Waals surface area contributed by atoms with Crippen LogP contribution >= 0.6 is 11.5 Å². The second-order valence-corrected chi connectivity index (χ2v) is 2.56. The molecule has 0 aliphatic rings. The molecule has 0 aliphatic heterocycles. The fraction of sp³-hybridized carbons (Fsp3) is 0.600. The third-order valence-corrected chi connectivity index (χ3v) is 1.54. The summed E-state index contributed by atoms with van der Waals surface area (Å²) in [6, 6.07) is 0. The average molecular weight is 188 g/mol. The van der Waals surface area contributed by atoms with Gasteiger partial charge in [-0.1, -0.05) is 9.59 Å². The average Bonchev–Trinajstić information content (AvgIpc) is 2.53. The van der Waals surface area contributed by atoms with E-state index in [0.29, 0.717) is 11.7 Å². The van der Waals surface area contributed by atoms with Gasteiger partial charge in [0, 0.05) is 11.5 Å². The Balaban J connectivity index is 2.22. The van der Waals surface area contributed by atoms with Crippen LogP contribution in [0.5, 0.6) is 0 Å². The summed E-state index contributed by atoms with van der Waals surface area (Å²) < 4.78 is 8.19. The van der Waals surface area contributed by atoms with Crippen LogP contribution in [0, 0.1) is 0 Å². The smallest absolute Gasteiger partial charge is 0.325 e. The minimum Gasteiger partial charge on any atom is -0.465 e. The minimum atomic E-state index is -0.312. The third-order valence-electron chi connectivity index (χ3n) is 0.989. The Morgan fingerprint density at radius 2 is 2.58 bits per heavy atom. The van der Waals surface area contributed by atoms with Crippen molar-refractivity contribution in [3.05, 3.63) is 0 Å². The van der Waals surface area contributed by atoms with Crippen molar-refractivity contribution in [3.63, 3.8) is 0 Å². The van der Waals surface area contributed by atoms with Gasteiger partial charge < -0.3 is 10.1 Å². The van der Waals surface area contributed by atoms with Gasteiger partial charge in [-0.05, 0) is 12.1 Å². The van der Waals surface area contributed by atoms with Gasteiger partial charge in [-0.15, -0.1) is 0 Å². The molecular weight excluding hydrogens is 180 g/mol. The molecule has 0 unspecified atom stereocenters. The Bertz CT molecular complexity index is 238. The molecule has 1 N–H and O–H groups in total. The first-order valence-corrected chi connectivity index (χ1v) is 4.14. The number of hydrogen-bond acceptors (Lipinski definition) is 7. The Kier molecular flexibility index (Phi) is 3.39. The number of aromatic nitrogens is 3. The highest BCUT2D eigenvalue weighted by Gasteiger charge is 2.02. The molecule has 0 aromatic carbocycles. The Morgan fingerprint density at radius 1 is 1.75 bits per heavy atom. The van der Waals surface area contributed by atoms with Gasteiger partial charge in [0.1, 0.15) is 6.54 Å². The molecule has 0 fully saturated rings. The zero-order valence-electron chi connectivity index (χ0n) is 6.48. The van der Waals surface area contributed by atoms with Crippen molar-refractivity contribution >= 4 is 22.6 Å². The largest absolute Gasteiger partial charge is 0.465 e. The van der Waals surface area contributed by atoms with Gasteiger partial charge >= 0.3 is 5.97 Å². The van der Waals surface area contributed by atoms with Crippen LogP contribution in [-0.4, -0.2) is 33.9 Å². The highest BCUT2D eigenvalue weighted by molar-refractivity contribution is 7.09. The molecule has 1 aromatic heterocycles. The van der Waals surface area contributed by atoms with Gasteiger partial charge in [0.2, 0.25) is 5.13 Å². The number of ether oxygens (including phenoxy) is 1. The monoisotopic (exact) mass is 188 g/mol. The summed E-state index contributed by atoms with van der Waals surface area (Å²) in [5.41, 5.74) is 0. The van der Waals surface area contributed by atoms with Crippen molar-refractivity contribution in [2.24, 2.45) is 0 Å². The molecule has 12 heavy (non-hydrogen) atoms. The van der Waals surface area contributed by atoms with E-state index >= 15 is 0 Å². The molecule has 66 valence electrons. The van der Waals surface area contributed by atoms with E-state index in [1.807, 2.05) is 0 Å². The SMILES string of the molecule is CCOC(=O)CNc1nnns1. The lowest BCUT2D eigenvalue weighted by Gasteiger charge is -2.00. The predicted octanol–water partition coefficient (Wildman–Crippen LogP) is -0.0919. The first kappa shape index (κ1) is 8.85. The molecule has 0 atom stereocenters. The number of nitrogens with one attached hydrogen (secondary N) is 1. The molecule has 1 aromatic rings. The van der Waals surface area contributed by atoms with E-state index in [9.17, 15) is 4.79 Å². The van der Waals surface area contributed by atoms with E-state index in [1.165, 1.54) is 0 Å². The molecule has 1 heterocycles. The molecule has 0 aliphatic carbocycles. The standard InChI is InChI=1S/C5H8N4O2S/c1-2-11-4(10)3-6-5-7-8-9-12-5/h2-3H2,1H3,(H,6,7,9). The predicted molar refractivity (Wildman–Crippen MR) is 42.8 cm³/mol. The summed E-state index contributed by atoms with van der Waals surface area (Å²) in [6.45, 7) is 2.24. The van der Waals surface area contributed by atoms with Crippen LogP contribution in [0.15, 0.2) is 0 Å². The van der Waals surface area contributed by atoms with Crippen LogP contribution in [0.4, 0.5) is 5.13 Å². The Morgan fingerprint density at radius 3 is 3.17 bits per heavy atom. The first-order valence-electron chi connectivity index (χ1n) is 3.37. The quantitative estimate of drug-likeness (QED) is 0.665. The van der Waals surface area contributed by atoms with Crippen LogP contribution in [0.1, 0.15) is 6.92 Å². The number of hydrogen-bond donors (Lipinski definition) is 1. The Hall–Kier alpha value is -1.24. The van der Waals surface area contributed by atoms with Gasteiger partial charge in [-0.2, -0.15) is 0 Å². The van der Waals surface area contributed by atoms with Crippen molar-refractivity contribution in [2.45, 2.75) is 6.92 Å². The topological polar surface area (TPSA) is 77.0 Å². The maximum atomic E-state index is 10.8.